The summed E-state index contributed by atoms with van der Waals surface area (Å²) in [4.78, 5) is 19.2. The van der Waals surface area contributed by atoms with Gasteiger partial charge in [-0.3, -0.25) is 19.8 Å². The number of allylic oxidation sites excluding steroid dienone is 3. The summed E-state index contributed by atoms with van der Waals surface area (Å²) in [6.07, 6.45) is 7.97. The van der Waals surface area contributed by atoms with Crippen molar-refractivity contribution in [3.05, 3.63) is 88.3 Å². The summed E-state index contributed by atoms with van der Waals surface area (Å²) >= 11 is 0. The number of methoxy groups -OCH3 is 1. The van der Waals surface area contributed by atoms with Gasteiger partial charge in [-0.05, 0) is 23.3 Å². The van der Waals surface area contributed by atoms with Crippen molar-refractivity contribution in [3.63, 3.8) is 0 Å². The lowest BCUT2D eigenvalue weighted by Crippen LogP contribution is -2.32. The number of fused-ring (bicyclic) bond motifs is 1. The highest BCUT2D eigenvalue weighted by Gasteiger charge is 2.22. The van der Waals surface area contributed by atoms with E-state index in [4.69, 9.17) is 4.74 Å². The van der Waals surface area contributed by atoms with Crippen LogP contribution in [-0.2, 0) is 30.8 Å². The molecule has 0 bridgehead atoms. The normalized spacial score (nSPS) is 14.7. The van der Waals surface area contributed by atoms with E-state index in [-0.39, 0.29) is 5.56 Å². The number of H-pyrrole nitrogens is 1. The third-order valence-corrected chi connectivity index (χ3v) is 4.54. The molecule has 6 heteroatoms. The average Bonchev–Trinajstić information content (AvgIpc) is 2.97. The number of aromatic nitrogens is 3. The van der Waals surface area contributed by atoms with E-state index < -0.39 is 0 Å². The van der Waals surface area contributed by atoms with Crippen LogP contribution < -0.4 is 5.56 Å². The van der Waals surface area contributed by atoms with Gasteiger partial charge in [-0.25, -0.2) is 4.68 Å². The van der Waals surface area contributed by atoms with Gasteiger partial charge in [0.2, 0.25) is 0 Å². The number of ether oxygens (including phenoxy) is 1. The second-order valence-electron chi connectivity index (χ2n) is 6.38. The van der Waals surface area contributed by atoms with E-state index in [0.717, 1.165) is 41.9 Å². The highest BCUT2D eigenvalue weighted by atomic mass is 16.5. The molecule has 0 fully saturated rings. The Balaban J connectivity index is 1.76. The van der Waals surface area contributed by atoms with E-state index in [9.17, 15) is 4.79 Å². The van der Waals surface area contributed by atoms with Gasteiger partial charge < -0.3 is 4.74 Å². The topological polar surface area (TPSA) is 63.1 Å². The van der Waals surface area contributed by atoms with Gasteiger partial charge in [0.05, 0.1) is 19.2 Å². The first-order chi connectivity index (χ1) is 12.6. The molecule has 2 aromatic heterocycles. The monoisotopic (exact) mass is 352 g/mol. The van der Waals surface area contributed by atoms with Crippen LogP contribution in [-0.4, -0.2) is 33.3 Å². The van der Waals surface area contributed by atoms with Crippen LogP contribution in [0.2, 0.25) is 0 Å². The summed E-state index contributed by atoms with van der Waals surface area (Å²) < 4.78 is 6.71. The Bertz CT molecular complexity index is 877. The average molecular weight is 352 g/mol. The van der Waals surface area contributed by atoms with Crippen molar-refractivity contribution in [2.24, 2.45) is 0 Å². The minimum absolute atomic E-state index is 0.0201. The molecule has 0 radical (unpaired) electrons. The summed E-state index contributed by atoms with van der Waals surface area (Å²) in [7, 11) is 1.57. The van der Waals surface area contributed by atoms with Gasteiger partial charge in [0, 0.05) is 44.1 Å². The number of hydrogen-bond acceptors (Lipinski definition) is 4. The van der Waals surface area contributed by atoms with Crippen LogP contribution in [0.4, 0.5) is 0 Å². The number of rotatable bonds is 7. The maximum atomic E-state index is 12.8. The van der Waals surface area contributed by atoms with Gasteiger partial charge in [0.15, 0.2) is 0 Å². The zero-order valence-corrected chi connectivity index (χ0v) is 15.1. The Kier molecular flexibility index (Phi) is 5.53. The van der Waals surface area contributed by atoms with Gasteiger partial charge in [-0.2, -0.15) is 0 Å². The van der Waals surface area contributed by atoms with Crippen molar-refractivity contribution in [2.75, 3.05) is 13.7 Å². The smallest absolute Gasteiger partial charge is 0.271 e. The second-order valence-corrected chi connectivity index (χ2v) is 6.38. The largest absolute Gasteiger partial charge is 0.497 e. The van der Waals surface area contributed by atoms with Gasteiger partial charge in [0.25, 0.3) is 5.56 Å². The molecule has 1 aliphatic rings. The first-order valence-electron chi connectivity index (χ1n) is 8.58. The number of pyridine rings is 1. The van der Waals surface area contributed by atoms with Crippen molar-refractivity contribution in [3.8, 4) is 0 Å². The number of nitrogens with zero attached hydrogens (tertiary/aromatic N) is 3. The summed E-state index contributed by atoms with van der Waals surface area (Å²) in [6.45, 7) is 10.4. The second kappa shape index (κ2) is 8.01. The van der Waals surface area contributed by atoms with Crippen molar-refractivity contribution < 1.29 is 4.74 Å². The predicted octanol–water partition coefficient (Wildman–Crippen LogP) is 2.40. The predicted molar refractivity (Wildman–Crippen MR) is 102 cm³/mol. The molecule has 1 N–H and O–H groups in total. The molecule has 2 aromatic rings. The van der Waals surface area contributed by atoms with E-state index in [0.29, 0.717) is 18.8 Å². The Morgan fingerprint density at radius 1 is 1.50 bits per heavy atom. The Morgan fingerprint density at radius 2 is 2.35 bits per heavy atom. The van der Waals surface area contributed by atoms with Crippen LogP contribution in [0.3, 0.4) is 0 Å². The molecule has 136 valence electrons. The highest BCUT2D eigenvalue weighted by molar-refractivity contribution is 5.26. The van der Waals surface area contributed by atoms with E-state index in [1.54, 1.807) is 30.1 Å². The molecule has 0 amide bonds. The number of hydrogen-bond donors (Lipinski definition) is 1. The fraction of sp³-hybridized carbons (Fsp3) is 0.300. The zero-order valence-electron chi connectivity index (χ0n) is 15.1. The third-order valence-electron chi connectivity index (χ3n) is 4.54. The maximum Gasteiger partial charge on any atom is 0.271 e. The van der Waals surface area contributed by atoms with Crippen molar-refractivity contribution in [2.45, 2.75) is 26.1 Å². The third kappa shape index (κ3) is 4.03. The summed E-state index contributed by atoms with van der Waals surface area (Å²) in [6, 6.07) is 3.99. The molecule has 0 aromatic carbocycles. The van der Waals surface area contributed by atoms with Gasteiger partial charge >= 0.3 is 0 Å². The molecular formula is C20H24N4O2. The number of aromatic amines is 1. The fourth-order valence-corrected chi connectivity index (χ4v) is 3.13. The standard InChI is InChI=1S/C20H24N4O2/c1-4-16(10-15(2)26-3)13-24-20(25)18-14-23(9-7-19(18)22-24)12-17-6-5-8-21-11-17/h4-6,8,10-11,22H,1-2,7,9,12-14H2,3H3/b16-10+. The van der Waals surface area contributed by atoms with Crippen LogP contribution in [0.1, 0.15) is 16.8 Å². The van der Waals surface area contributed by atoms with Crippen molar-refractivity contribution in [1.82, 2.24) is 19.7 Å². The molecule has 0 aliphatic carbocycles. The highest BCUT2D eigenvalue weighted by Crippen LogP contribution is 2.17. The van der Waals surface area contributed by atoms with E-state index in [2.05, 4.69) is 34.2 Å². The molecule has 0 unspecified atom stereocenters. The first kappa shape index (κ1) is 17.9. The van der Waals surface area contributed by atoms with E-state index in [1.807, 2.05) is 12.3 Å². The molecule has 0 atom stereocenters. The SMILES string of the molecule is C=C/C(=C\C(=C)OC)Cn1[nH]c2c(c1=O)CN(Cc1cccnc1)CC2. The molecule has 26 heavy (non-hydrogen) atoms. The minimum Gasteiger partial charge on any atom is -0.497 e. The summed E-state index contributed by atoms with van der Waals surface area (Å²) in [5, 5.41) is 3.25. The quantitative estimate of drug-likeness (QED) is 0.614. The Morgan fingerprint density at radius 3 is 3.04 bits per heavy atom. The molecule has 6 nitrogen and oxygen atoms in total. The van der Waals surface area contributed by atoms with Crippen molar-refractivity contribution >= 4 is 0 Å². The molecule has 3 rings (SSSR count). The van der Waals surface area contributed by atoms with Crippen LogP contribution >= 0.6 is 0 Å². The Labute approximate surface area is 153 Å². The van der Waals surface area contributed by atoms with Crippen LogP contribution in [0.15, 0.2) is 66.0 Å². The lowest BCUT2D eigenvalue weighted by Gasteiger charge is -2.25. The first-order valence-corrected chi connectivity index (χ1v) is 8.58. The van der Waals surface area contributed by atoms with E-state index in [1.165, 1.54) is 0 Å². The summed E-state index contributed by atoms with van der Waals surface area (Å²) in [5.41, 5.74) is 3.90. The van der Waals surface area contributed by atoms with Gasteiger partial charge in [-0.15, -0.1) is 0 Å². The molecule has 0 spiro atoms. The van der Waals surface area contributed by atoms with Crippen LogP contribution in [0, 0.1) is 0 Å². The number of nitrogens with one attached hydrogen (secondary N) is 1. The molecular weight excluding hydrogens is 328 g/mol. The van der Waals surface area contributed by atoms with E-state index >= 15 is 0 Å². The zero-order chi connectivity index (χ0) is 18.5. The van der Waals surface area contributed by atoms with Crippen LogP contribution in [0.5, 0.6) is 0 Å². The summed E-state index contributed by atoms with van der Waals surface area (Å²) in [5.74, 6) is 0.534. The molecule has 3 heterocycles. The maximum absolute atomic E-state index is 12.8. The van der Waals surface area contributed by atoms with Gasteiger partial charge in [0.1, 0.15) is 5.76 Å². The lowest BCUT2D eigenvalue weighted by molar-refractivity contribution is 0.244. The van der Waals surface area contributed by atoms with Crippen LogP contribution in [0.25, 0.3) is 0 Å². The molecule has 1 aliphatic heterocycles. The molecule has 0 saturated heterocycles. The lowest BCUT2D eigenvalue weighted by atomic mass is 10.1. The van der Waals surface area contributed by atoms with Gasteiger partial charge in [-0.1, -0.05) is 25.3 Å². The fourth-order valence-electron chi connectivity index (χ4n) is 3.13. The minimum atomic E-state index is 0.0201. The molecule has 0 saturated carbocycles. The Hall–Kier alpha value is -2.86. The van der Waals surface area contributed by atoms with Crippen molar-refractivity contribution in [1.29, 1.82) is 0 Å².